The molecule has 0 aliphatic carbocycles. The molecule has 0 aromatic carbocycles. The summed E-state index contributed by atoms with van der Waals surface area (Å²) >= 11 is 1.44. The normalized spacial score (nSPS) is 17.4. The fraction of sp³-hybridized carbons (Fsp3) is 0.650. The zero-order valence-electron chi connectivity index (χ0n) is 18.5. The molecule has 1 aliphatic heterocycles. The van der Waals surface area contributed by atoms with E-state index in [2.05, 4.69) is 20.9 Å². The topological polar surface area (TPSA) is 145 Å². The Hall–Kier alpha value is -2.57. The van der Waals surface area contributed by atoms with E-state index in [1.165, 1.54) is 11.3 Å². The molecule has 2 heterocycles. The first-order chi connectivity index (χ1) is 15.3. The van der Waals surface area contributed by atoms with Crippen LogP contribution in [-0.4, -0.2) is 74.3 Å². The molecule has 12 heteroatoms. The van der Waals surface area contributed by atoms with Crippen LogP contribution >= 0.6 is 11.3 Å². The number of nitrogens with one attached hydrogen (secondary N) is 3. The number of carbonyl (C=O) groups excluding carboxylic acids is 4. The largest absolute Gasteiger partial charge is 0.447 e. The van der Waals surface area contributed by atoms with Crippen molar-refractivity contribution in [3.05, 3.63) is 16.1 Å². The second kappa shape index (κ2) is 13.1. The number of nitrogens with zero attached hydrogens (tertiary/aromatic N) is 1. The van der Waals surface area contributed by atoms with Crippen LogP contribution in [0.2, 0.25) is 0 Å². The molecule has 1 aromatic rings. The maximum absolute atomic E-state index is 12.9. The highest BCUT2D eigenvalue weighted by Gasteiger charge is 2.32. The van der Waals surface area contributed by atoms with Crippen molar-refractivity contribution in [2.24, 2.45) is 5.92 Å². The average molecular weight is 471 g/mol. The third-order valence-electron chi connectivity index (χ3n) is 4.77. The summed E-state index contributed by atoms with van der Waals surface area (Å²) in [6.07, 6.45) is -0.0281. The van der Waals surface area contributed by atoms with E-state index < -0.39 is 35.8 Å². The van der Waals surface area contributed by atoms with Gasteiger partial charge in [-0.3, -0.25) is 14.4 Å². The Balaban J connectivity index is 1.93. The predicted molar refractivity (Wildman–Crippen MR) is 115 cm³/mol. The number of alkyl carbamates (subject to hydrolysis) is 1. The quantitative estimate of drug-likeness (QED) is 0.324. The molecule has 0 spiro atoms. The average Bonchev–Trinajstić information content (AvgIpc) is 3.22. The Morgan fingerprint density at radius 3 is 2.72 bits per heavy atom. The van der Waals surface area contributed by atoms with Crippen molar-refractivity contribution in [2.75, 3.05) is 33.5 Å². The molecule has 32 heavy (non-hydrogen) atoms. The third-order valence-corrected chi connectivity index (χ3v) is 5.71. The minimum absolute atomic E-state index is 0.0143. The van der Waals surface area contributed by atoms with E-state index in [1.54, 1.807) is 26.5 Å². The lowest BCUT2D eigenvalue weighted by atomic mass is 10.0. The highest BCUT2D eigenvalue weighted by Crippen LogP contribution is 2.18. The highest BCUT2D eigenvalue weighted by atomic mass is 32.1. The van der Waals surface area contributed by atoms with E-state index in [0.717, 1.165) is 10.6 Å². The van der Waals surface area contributed by atoms with Crippen molar-refractivity contribution in [1.29, 1.82) is 0 Å². The Morgan fingerprint density at radius 2 is 2.00 bits per heavy atom. The maximum Gasteiger partial charge on any atom is 0.407 e. The van der Waals surface area contributed by atoms with E-state index in [4.69, 9.17) is 14.2 Å². The molecule has 11 nitrogen and oxygen atoms in total. The molecular weight excluding hydrogens is 440 g/mol. The SMILES string of the molecule is COCCOCCOC(=O)NC(C(=O)NC1CCc2scnc2CNC(=O)C1=O)C(C)C. The van der Waals surface area contributed by atoms with Crippen LogP contribution in [0.15, 0.2) is 5.51 Å². The number of Topliss-reactive ketones (excluding diaryl/α,β-unsaturated/α-hetero) is 1. The fourth-order valence-electron chi connectivity index (χ4n) is 3.00. The number of ketones is 1. The molecule has 2 unspecified atom stereocenters. The molecule has 178 valence electrons. The van der Waals surface area contributed by atoms with Crippen LogP contribution in [0.3, 0.4) is 0 Å². The molecule has 0 bridgehead atoms. The minimum Gasteiger partial charge on any atom is -0.447 e. The zero-order valence-corrected chi connectivity index (χ0v) is 19.3. The van der Waals surface area contributed by atoms with Gasteiger partial charge in [0, 0.05) is 12.0 Å². The van der Waals surface area contributed by atoms with Gasteiger partial charge < -0.3 is 30.2 Å². The monoisotopic (exact) mass is 470 g/mol. The number of ether oxygens (including phenoxy) is 3. The number of aromatic nitrogens is 1. The van der Waals surface area contributed by atoms with Gasteiger partial charge in [-0.15, -0.1) is 11.3 Å². The summed E-state index contributed by atoms with van der Waals surface area (Å²) in [5, 5.41) is 7.67. The lowest BCUT2D eigenvalue weighted by molar-refractivity contribution is -0.140. The molecule has 3 N–H and O–H groups in total. The van der Waals surface area contributed by atoms with E-state index in [0.29, 0.717) is 19.6 Å². The van der Waals surface area contributed by atoms with Crippen LogP contribution in [0.4, 0.5) is 4.79 Å². The molecule has 0 radical (unpaired) electrons. The number of hydrogen-bond donors (Lipinski definition) is 3. The first kappa shape index (κ1) is 25.7. The summed E-state index contributed by atoms with van der Waals surface area (Å²) in [5.41, 5.74) is 2.40. The number of hydrogen-bond acceptors (Lipinski definition) is 9. The second-order valence-corrected chi connectivity index (χ2v) is 8.42. The lowest BCUT2D eigenvalue weighted by Crippen LogP contribution is -2.55. The van der Waals surface area contributed by atoms with Crippen molar-refractivity contribution < 1.29 is 33.4 Å². The van der Waals surface area contributed by atoms with Crippen LogP contribution in [-0.2, 0) is 41.6 Å². The second-order valence-electron chi connectivity index (χ2n) is 7.48. The van der Waals surface area contributed by atoms with Gasteiger partial charge in [0.05, 0.1) is 43.6 Å². The Morgan fingerprint density at radius 1 is 1.25 bits per heavy atom. The van der Waals surface area contributed by atoms with Gasteiger partial charge in [-0.2, -0.15) is 0 Å². The molecule has 1 aromatic heterocycles. The van der Waals surface area contributed by atoms with Crippen LogP contribution in [0.1, 0.15) is 30.8 Å². The summed E-state index contributed by atoms with van der Waals surface area (Å²) in [6.45, 7) is 4.69. The van der Waals surface area contributed by atoms with Gasteiger partial charge in [0.1, 0.15) is 12.6 Å². The van der Waals surface area contributed by atoms with Gasteiger partial charge in [0.25, 0.3) is 5.91 Å². The molecule has 2 atom stereocenters. The van der Waals surface area contributed by atoms with Gasteiger partial charge >= 0.3 is 6.09 Å². The number of fused-ring (bicyclic) bond motifs is 1. The van der Waals surface area contributed by atoms with Gasteiger partial charge in [-0.25, -0.2) is 9.78 Å². The summed E-state index contributed by atoms with van der Waals surface area (Å²) in [6, 6.07) is -1.96. The van der Waals surface area contributed by atoms with E-state index >= 15 is 0 Å². The number of carbonyl (C=O) groups is 4. The lowest BCUT2D eigenvalue weighted by Gasteiger charge is -2.24. The predicted octanol–water partition coefficient (Wildman–Crippen LogP) is 0.173. The molecule has 2 rings (SSSR count). The highest BCUT2D eigenvalue weighted by molar-refractivity contribution is 7.09. The fourth-order valence-corrected chi connectivity index (χ4v) is 3.80. The van der Waals surface area contributed by atoms with Crippen LogP contribution in [0.5, 0.6) is 0 Å². The van der Waals surface area contributed by atoms with E-state index in [-0.39, 0.29) is 32.1 Å². The first-order valence-corrected chi connectivity index (χ1v) is 11.2. The molecule has 1 aliphatic rings. The first-order valence-electron chi connectivity index (χ1n) is 10.4. The van der Waals surface area contributed by atoms with Crippen molar-refractivity contribution in [3.8, 4) is 0 Å². The maximum atomic E-state index is 12.9. The Labute approximate surface area is 190 Å². The van der Waals surface area contributed by atoms with E-state index in [1.807, 2.05) is 0 Å². The van der Waals surface area contributed by atoms with E-state index in [9.17, 15) is 19.2 Å². The van der Waals surface area contributed by atoms with Gasteiger partial charge in [-0.05, 0) is 18.8 Å². The molecule has 0 saturated carbocycles. The van der Waals surface area contributed by atoms with Gasteiger partial charge in [0.2, 0.25) is 11.7 Å². The number of aryl methyl sites for hydroxylation is 1. The Kier molecular flexibility index (Phi) is 10.5. The molecule has 3 amide bonds. The number of thiazole rings is 1. The summed E-state index contributed by atoms with van der Waals surface area (Å²) < 4.78 is 15.1. The zero-order chi connectivity index (χ0) is 23.5. The molecule has 0 fully saturated rings. The van der Waals surface area contributed by atoms with Crippen LogP contribution < -0.4 is 16.0 Å². The van der Waals surface area contributed by atoms with Crippen molar-refractivity contribution in [3.63, 3.8) is 0 Å². The molecule has 0 saturated heterocycles. The summed E-state index contributed by atoms with van der Waals surface area (Å²) in [7, 11) is 1.55. The van der Waals surface area contributed by atoms with Crippen LogP contribution in [0.25, 0.3) is 0 Å². The molecular formula is C20H30N4O7S. The Bertz CT molecular complexity index is 799. The van der Waals surface area contributed by atoms with Crippen molar-refractivity contribution >= 4 is 35.0 Å². The third kappa shape index (κ3) is 7.84. The smallest absolute Gasteiger partial charge is 0.407 e. The summed E-state index contributed by atoms with van der Waals surface area (Å²) in [5.74, 6) is -2.36. The van der Waals surface area contributed by atoms with Crippen molar-refractivity contribution in [1.82, 2.24) is 20.9 Å². The van der Waals surface area contributed by atoms with Crippen LogP contribution in [0, 0.1) is 5.92 Å². The number of rotatable bonds is 10. The summed E-state index contributed by atoms with van der Waals surface area (Å²) in [4.78, 5) is 54.8. The van der Waals surface area contributed by atoms with Gasteiger partial charge in [-0.1, -0.05) is 13.8 Å². The van der Waals surface area contributed by atoms with Crippen molar-refractivity contribution in [2.45, 2.75) is 45.3 Å². The number of methoxy groups -OCH3 is 1. The van der Waals surface area contributed by atoms with Gasteiger partial charge in [0.15, 0.2) is 0 Å². The number of amides is 3. The minimum atomic E-state index is -1.01. The standard InChI is InChI=1S/C20H30N4O7S/c1-12(2)16(24-20(28)31-9-8-30-7-6-29-3)18(26)23-13-4-5-15-14(22-11-32-15)10-21-19(27)17(13)25/h11-13,16H,4-10H2,1-3H3,(H,21,27)(H,23,26)(H,24,28).